The van der Waals surface area contributed by atoms with Crippen LogP contribution in [-0.4, -0.2) is 50.0 Å². The number of pyridine rings is 1. The van der Waals surface area contributed by atoms with Gasteiger partial charge in [0.2, 0.25) is 22.8 Å². The van der Waals surface area contributed by atoms with E-state index in [-0.39, 0.29) is 35.5 Å². The number of aromatic nitrogens is 1. The summed E-state index contributed by atoms with van der Waals surface area (Å²) < 4.78 is 33.7. The van der Waals surface area contributed by atoms with Gasteiger partial charge in [0.05, 0.1) is 18.1 Å². The van der Waals surface area contributed by atoms with Gasteiger partial charge in [0.25, 0.3) is 5.91 Å². The van der Waals surface area contributed by atoms with Crippen molar-refractivity contribution in [3.05, 3.63) is 48.3 Å². The van der Waals surface area contributed by atoms with Crippen molar-refractivity contribution < 1.29 is 40.0 Å². The van der Waals surface area contributed by atoms with E-state index in [1.807, 2.05) is 0 Å². The van der Waals surface area contributed by atoms with Gasteiger partial charge in [0.15, 0.2) is 11.9 Å². The number of hydrogen-bond acceptors (Lipinski definition) is 5. The van der Waals surface area contributed by atoms with Gasteiger partial charge in [-0.25, -0.2) is 8.42 Å². The van der Waals surface area contributed by atoms with Crippen LogP contribution in [0.1, 0.15) is 5.56 Å². The molecule has 0 bridgehead atoms. The van der Waals surface area contributed by atoms with Crippen LogP contribution in [0.5, 0.6) is 5.75 Å². The highest BCUT2D eigenvalue weighted by Gasteiger charge is 2.27. The lowest BCUT2D eigenvalue weighted by atomic mass is 10.2. The molecule has 2 heterocycles. The topological polar surface area (TPSA) is 99.8 Å². The number of sulfonamides is 1. The van der Waals surface area contributed by atoms with Crippen molar-refractivity contribution in [2.75, 3.05) is 31.6 Å². The molecule has 2 N–H and O–H groups in total. The molecule has 1 fully saturated rings. The maximum Gasteiger partial charge on any atom is 0.290 e. The van der Waals surface area contributed by atoms with Crippen molar-refractivity contribution in [1.82, 2.24) is 4.31 Å². The third kappa shape index (κ3) is 5.20. The minimum atomic E-state index is -3.64. The van der Waals surface area contributed by atoms with E-state index < -0.39 is 10.0 Å². The maximum atomic E-state index is 12.8. The highest BCUT2D eigenvalue weighted by atomic mass is 35.5. The van der Waals surface area contributed by atoms with Crippen molar-refractivity contribution in [3.63, 3.8) is 0 Å². The SMILES string of the molecule is Cc1ccc(S(=O)(=O)N2CCOCC2)cc1NC(=O)C[n+]1cccc(O)c1.[Cl-]. The van der Waals surface area contributed by atoms with Crippen molar-refractivity contribution in [2.45, 2.75) is 18.4 Å². The number of nitrogens with zero attached hydrogens (tertiary/aromatic N) is 2. The van der Waals surface area contributed by atoms with Gasteiger partial charge in [-0.2, -0.15) is 8.87 Å². The molecule has 1 aliphatic heterocycles. The van der Waals surface area contributed by atoms with Crippen LogP contribution in [0.15, 0.2) is 47.6 Å². The molecule has 1 aliphatic rings. The van der Waals surface area contributed by atoms with E-state index in [0.717, 1.165) is 5.56 Å². The summed E-state index contributed by atoms with van der Waals surface area (Å²) in [6.45, 7) is 3.15. The number of benzene rings is 1. The Labute approximate surface area is 170 Å². The van der Waals surface area contributed by atoms with E-state index in [1.165, 1.54) is 27.2 Å². The number of halogens is 1. The van der Waals surface area contributed by atoms with Crippen LogP contribution in [0.2, 0.25) is 0 Å². The van der Waals surface area contributed by atoms with Gasteiger partial charge in [-0.1, -0.05) is 6.07 Å². The van der Waals surface area contributed by atoms with E-state index in [1.54, 1.807) is 31.3 Å². The monoisotopic (exact) mass is 427 g/mol. The first kappa shape index (κ1) is 22.1. The smallest absolute Gasteiger partial charge is 0.290 e. The lowest BCUT2D eigenvalue weighted by Crippen LogP contribution is -3.00. The molecule has 1 aromatic carbocycles. The van der Waals surface area contributed by atoms with Crippen molar-refractivity contribution >= 4 is 21.6 Å². The zero-order valence-electron chi connectivity index (χ0n) is 15.3. The molecule has 10 heteroatoms. The number of carbonyl (C=O) groups is 1. The lowest BCUT2D eigenvalue weighted by molar-refractivity contribution is -0.684. The Bertz CT molecular complexity index is 946. The zero-order chi connectivity index (χ0) is 19.4. The minimum Gasteiger partial charge on any atom is -1.00 e. The molecule has 152 valence electrons. The van der Waals surface area contributed by atoms with Crippen LogP contribution in [0.3, 0.4) is 0 Å². The van der Waals surface area contributed by atoms with E-state index in [0.29, 0.717) is 32.0 Å². The predicted molar refractivity (Wildman–Crippen MR) is 97.7 cm³/mol. The lowest BCUT2D eigenvalue weighted by Gasteiger charge is -2.26. The summed E-state index contributed by atoms with van der Waals surface area (Å²) in [5.74, 6) is -0.269. The third-order valence-electron chi connectivity index (χ3n) is 4.26. The van der Waals surface area contributed by atoms with Gasteiger partial charge in [0.1, 0.15) is 0 Å². The Morgan fingerprint density at radius 1 is 1.29 bits per heavy atom. The zero-order valence-corrected chi connectivity index (χ0v) is 16.9. The summed E-state index contributed by atoms with van der Waals surface area (Å²) in [6, 6.07) is 7.83. The number of anilines is 1. The number of rotatable bonds is 5. The number of carbonyl (C=O) groups excluding carboxylic acids is 1. The number of hydrogen-bond donors (Lipinski definition) is 2. The third-order valence-corrected chi connectivity index (χ3v) is 6.15. The first-order chi connectivity index (χ1) is 12.9. The van der Waals surface area contributed by atoms with Crippen molar-refractivity contribution in [3.8, 4) is 5.75 Å². The molecule has 8 nitrogen and oxygen atoms in total. The van der Waals surface area contributed by atoms with Gasteiger partial charge in [-0.05, 0) is 30.7 Å². The van der Waals surface area contributed by atoms with E-state index >= 15 is 0 Å². The average Bonchev–Trinajstić information content (AvgIpc) is 2.64. The molecule has 1 saturated heterocycles. The second kappa shape index (κ2) is 9.33. The van der Waals surface area contributed by atoms with Gasteiger partial charge in [-0.3, -0.25) is 4.79 Å². The molecule has 1 amide bonds. The minimum absolute atomic E-state index is 0. The van der Waals surface area contributed by atoms with Crippen molar-refractivity contribution in [1.29, 1.82) is 0 Å². The Balaban J connectivity index is 0.00000280. The fourth-order valence-corrected chi connectivity index (χ4v) is 4.23. The summed E-state index contributed by atoms with van der Waals surface area (Å²) in [6.07, 6.45) is 3.09. The van der Waals surface area contributed by atoms with Crippen LogP contribution in [0, 0.1) is 6.92 Å². The number of nitrogens with one attached hydrogen (secondary N) is 1. The highest BCUT2D eigenvalue weighted by molar-refractivity contribution is 7.89. The fraction of sp³-hybridized carbons (Fsp3) is 0.333. The number of aryl methyl sites for hydroxylation is 1. The van der Waals surface area contributed by atoms with Crippen LogP contribution in [0.4, 0.5) is 5.69 Å². The van der Waals surface area contributed by atoms with Crippen LogP contribution in [0.25, 0.3) is 0 Å². The van der Waals surface area contributed by atoms with Gasteiger partial charge in [-0.15, -0.1) is 0 Å². The second-order valence-electron chi connectivity index (χ2n) is 6.28. The number of amides is 1. The second-order valence-corrected chi connectivity index (χ2v) is 8.21. The first-order valence-corrected chi connectivity index (χ1v) is 9.97. The summed E-state index contributed by atoms with van der Waals surface area (Å²) in [7, 11) is -3.64. The van der Waals surface area contributed by atoms with E-state index in [2.05, 4.69) is 5.32 Å². The molecule has 3 rings (SSSR count). The standard InChI is InChI=1S/C18H21N3O5S.ClH/c1-14-4-5-16(27(24,25)21-7-9-26-10-8-21)11-17(14)19-18(23)13-20-6-2-3-15(22)12-20;/h2-6,11-12H,7-10,13H2,1H3,(H-,19,22,23);1H. The molecule has 0 radical (unpaired) electrons. The molecule has 0 aliphatic carbocycles. The predicted octanol–water partition coefficient (Wildman–Crippen LogP) is -2.35. The molecule has 28 heavy (non-hydrogen) atoms. The number of ether oxygens (including phenoxy) is 1. The summed E-state index contributed by atoms with van der Waals surface area (Å²) in [5.41, 5.74) is 1.19. The Kier molecular flexibility index (Phi) is 7.36. The molecule has 0 spiro atoms. The Morgan fingerprint density at radius 2 is 2.00 bits per heavy atom. The number of morpholine rings is 1. The largest absolute Gasteiger partial charge is 1.00 e. The fourth-order valence-electron chi connectivity index (χ4n) is 2.79. The van der Waals surface area contributed by atoms with E-state index in [9.17, 15) is 18.3 Å². The maximum absolute atomic E-state index is 12.8. The van der Waals surface area contributed by atoms with Gasteiger partial charge in [0, 0.05) is 24.8 Å². The quantitative estimate of drug-likeness (QED) is 0.521. The Morgan fingerprint density at radius 3 is 2.68 bits per heavy atom. The molecule has 1 aromatic heterocycles. The van der Waals surface area contributed by atoms with Crippen LogP contribution < -0.4 is 22.3 Å². The number of aromatic hydroxyl groups is 1. The molecule has 2 aromatic rings. The molecular formula is C18H22ClN3O5S. The van der Waals surface area contributed by atoms with Crippen LogP contribution in [-0.2, 0) is 26.1 Å². The summed E-state index contributed by atoms with van der Waals surface area (Å²) >= 11 is 0. The van der Waals surface area contributed by atoms with Crippen molar-refractivity contribution in [2.24, 2.45) is 0 Å². The molecular weight excluding hydrogens is 406 g/mol. The first-order valence-electron chi connectivity index (χ1n) is 8.53. The average molecular weight is 428 g/mol. The normalized spacial score (nSPS) is 14.9. The molecule has 0 saturated carbocycles. The highest BCUT2D eigenvalue weighted by Crippen LogP contribution is 2.23. The Hall–Kier alpha value is -2.20. The summed E-state index contributed by atoms with van der Waals surface area (Å²) in [4.78, 5) is 12.5. The van der Waals surface area contributed by atoms with Gasteiger partial charge >= 0.3 is 0 Å². The van der Waals surface area contributed by atoms with Gasteiger partial charge < -0.3 is 27.6 Å². The molecule has 0 unspecified atom stereocenters. The summed E-state index contributed by atoms with van der Waals surface area (Å²) in [5, 5.41) is 12.2. The van der Waals surface area contributed by atoms with E-state index in [4.69, 9.17) is 4.74 Å². The molecule has 0 atom stereocenters. The van der Waals surface area contributed by atoms with Crippen LogP contribution >= 0.6 is 0 Å².